The minimum Gasteiger partial charge on any atom is -0.462 e. The van der Waals surface area contributed by atoms with Gasteiger partial charge in [-0.15, -0.1) is 0 Å². The first-order valence-corrected chi connectivity index (χ1v) is 12.2. The van der Waals surface area contributed by atoms with Crippen LogP contribution >= 0.6 is 0 Å². The average molecular weight is 421 g/mol. The second-order valence-corrected chi connectivity index (χ2v) is 10.8. The molecule has 0 radical (unpaired) electrons. The zero-order chi connectivity index (χ0) is 21.6. The molecule has 0 aromatic carbocycles. The fourth-order valence-electron chi connectivity index (χ4n) is 7.68. The van der Waals surface area contributed by atoms with Crippen molar-refractivity contribution >= 4 is 11.7 Å². The molecule has 0 spiro atoms. The number of esters is 1. The van der Waals surface area contributed by atoms with E-state index in [0.717, 1.165) is 49.1 Å². The molecule has 1 aromatic rings. The summed E-state index contributed by atoms with van der Waals surface area (Å²) in [7, 11) is 0. The second-order valence-electron chi connectivity index (χ2n) is 10.8. The Morgan fingerprint density at radius 3 is 2.74 bits per heavy atom. The van der Waals surface area contributed by atoms with Crippen molar-refractivity contribution in [2.75, 3.05) is 0 Å². The molecule has 1 aromatic heterocycles. The third-order valence-electron chi connectivity index (χ3n) is 9.29. The number of ether oxygens (including phenoxy) is 1. The molecule has 0 N–H and O–H groups in total. The molecule has 5 rings (SSSR count). The van der Waals surface area contributed by atoms with E-state index in [4.69, 9.17) is 9.73 Å². The molecule has 166 valence electrons. The number of carbonyl (C=O) groups is 1. The molecule has 0 amide bonds. The van der Waals surface area contributed by atoms with Crippen molar-refractivity contribution in [2.45, 2.75) is 84.8 Å². The second kappa shape index (κ2) is 7.86. The molecule has 4 nitrogen and oxygen atoms in total. The first-order chi connectivity index (χ1) is 14.9. The summed E-state index contributed by atoms with van der Waals surface area (Å²) in [4.78, 5) is 21.0. The summed E-state index contributed by atoms with van der Waals surface area (Å²) in [6, 6.07) is 6.10. The monoisotopic (exact) mass is 420 g/mol. The van der Waals surface area contributed by atoms with Gasteiger partial charge in [-0.2, -0.15) is 0 Å². The smallest absolute Gasteiger partial charge is 0.302 e. The van der Waals surface area contributed by atoms with Crippen LogP contribution in [0.5, 0.6) is 0 Å². The highest BCUT2D eigenvalue weighted by Crippen LogP contribution is 2.64. The summed E-state index contributed by atoms with van der Waals surface area (Å²) >= 11 is 0. The SMILES string of the molecule is CC(=O)O[C@H]1CC[C@@]2(C)C(=CC[C@@H]3[C@@H]2CC[C@]2(C)C(=NCc4ccccn4)CC[C@@H]32)C1. The van der Waals surface area contributed by atoms with Crippen molar-refractivity contribution in [1.82, 2.24) is 4.98 Å². The fourth-order valence-corrected chi connectivity index (χ4v) is 7.68. The van der Waals surface area contributed by atoms with Crippen molar-refractivity contribution < 1.29 is 9.53 Å². The molecular weight excluding hydrogens is 384 g/mol. The normalized spacial score (nSPS) is 40.5. The van der Waals surface area contributed by atoms with Crippen LogP contribution in [-0.4, -0.2) is 22.8 Å². The number of aromatic nitrogens is 1. The molecule has 0 bridgehead atoms. The molecule has 4 aliphatic rings. The van der Waals surface area contributed by atoms with Gasteiger partial charge in [0.15, 0.2) is 0 Å². The first-order valence-electron chi connectivity index (χ1n) is 12.2. The van der Waals surface area contributed by atoms with E-state index in [1.807, 2.05) is 12.3 Å². The maximum Gasteiger partial charge on any atom is 0.302 e. The van der Waals surface area contributed by atoms with Crippen LogP contribution in [0.2, 0.25) is 0 Å². The lowest BCUT2D eigenvalue weighted by Crippen LogP contribution is -2.50. The van der Waals surface area contributed by atoms with Gasteiger partial charge in [0.05, 0.1) is 12.2 Å². The third-order valence-corrected chi connectivity index (χ3v) is 9.29. The summed E-state index contributed by atoms with van der Waals surface area (Å²) < 4.78 is 5.58. The van der Waals surface area contributed by atoms with E-state index in [1.165, 1.54) is 38.3 Å². The molecule has 4 aliphatic carbocycles. The van der Waals surface area contributed by atoms with Gasteiger partial charge in [-0.05, 0) is 80.2 Å². The van der Waals surface area contributed by atoms with Gasteiger partial charge < -0.3 is 4.74 Å². The Labute approximate surface area is 186 Å². The van der Waals surface area contributed by atoms with E-state index >= 15 is 0 Å². The maximum absolute atomic E-state index is 11.5. The van der Waals surface area contributed by atoms with Gasteiger partial charge in [0.25, 0.3) is 0 Å². The van der Waals surface area contributed by atoms with Crippen molar-refractivity contribution in [2.24, 2.45) is 33.6 Å². The largest absolute Gasteiger partial charge is 0.462 e. The highest BCUT2D eigenvalue weighted by atomic mass is 16.5. The zero-order valence-electron chi connectivity index (χ0n) is 19.3. The highest BCUT2D eigenvalue weighted by molar-refractivity contribution is 5.92. The Hall–Kier alpha value is -1.97. The van der Waals surface area contributed by atoms with E-state index in [0.29, 0.717) is 6.54 Å². The van der Waals surface area contributed by atoms with Gasteiger partial charge in [-0.25, -0.2) is 0 Å². The van der Waals surface area contributed by atoms with Gasteiger partial charge in [-0.1, -0.05) is 31.6 Å². The molecule has 0 saturated heterocycles. The van der Waals surface area contributed by atoms with Crippen LogP contribution in [0, 0.1) is 28.6 Å². The lowest BCUT2D eigenvalue weighted by Gasteiger charge is -2.57. The van der Waals surface area contributed by atoms with E-state index in [9.17, 15) is 4.79 Å². The maximum atomic E-state index is 11.5. The molecule has 3 saturated carbocycles. The van der Waals surface area contributed by atoms with Crippen molar-refractivity contribution in [3.05, 3.63) is 41.7 Å². The number of pyridine rings is 1. The standard InChI is InChI=1S/C27H36N2O2/c1-18(30)31-21-11-13-26(2)19(16-21)7-8-22-23-9-10-25(27(23,3)14-12-24(22)26)29-17-20-6-4-5-15-28-20/h4-7,15,21-24H,8-14,16-17H2,1-3H3/t21-,22-,23-,24-,26-,27-/m0/s1. The van der Waals surface area contributed by atoms with Gasteiger partial charge >= 0.3 is 5.97 Å². The van der Waals surface area contributed by atoms with Crippen LogP contribution in [-0.2, 0) is 16.1 Å². The number of nitrogens with zero attached hydrogens (tertiary/aromatic N) is 2. The van der Waals surface area contributed by atoms with Crippen LogP contribution in [0.1, 0.15) is 77.8 Å². The lowest BCUT2D eigenvalue weighted by atomic mass is 9.48. The van der Waals surface area contributed by atoms with E-state index in [2.05, 4.69) is 37.0 Å². The number of hydrogen-bond donors (Lipinski definition) is 0. The summed E-state index contributed by atoms with van der Waals surface area (Å²) in [5, 5.41) is 0. The molecule has 31 heavy (non-hydrogen) atoms. The Kier molecular flexibility index (Phi) is 5.30. The molecule has 6 atom stereocenters. The molecular formula is C27H36N2O2. The van der Waals surface area contributed by atoms with Crippen LogP contribution in [0.4, 0.5) is 0 Å². The molecule has 4 heteroatoms. The number of allylic oxidation sites excluding steroid dienone is 1. The lowest BCUT2D eigenvalue weighted by molar-refractivity contribution is -0.148. The van der Waals surface area contributed by atoms with Gasteiger partial charge in [0.2, 0.25) is 0 Å². The predicted molar refractivity (Wildman–Crippen MR) is 123 cm³/mol. The van der Waals surface area contributed by atoms with Crippen LogP contribution < -0.4 is 0 Å². The Morgan fingerprint density at radius 2 is 1.97 bits per heavy atom. The van der Waals surface area contributed by atoms with Crippen LogP contribution in [0.3, 0.4) is 0 Å². The minimum absolute atomic E-state index is 0.0824. The van der Waals surface area contributed by atoms with E-state index < -0.39 is 0 Å². The van der Waals surface area contributed by atoms with Crippen molar-refractivity contribution in [3.63, 3.8) is 0 Å². The Morgan fingerprint density at radius 1 is 1.16 bits per heavy atom. The highest BCUT2D eigenvalue weighted by Gasteiger charge is 2.57. The minimum atomic E-state index is -0.139. The quantitative estimate of drug-likeness (QED) is 0.451. The van der Waals surface area contributed by atoms with Gasteiger partial charge in [-0.3, -0.25) is 14.8 Å². The molecule has 3 fully saturated rings. The Bertz CT molecular complexity index is 907. The van der Waals surface area contributed by atoms with Crippen molar-refractivity contribution in [1.29, 1.82) is 0 Å². The molecule has 1 heterocycles. The van der Waals surface area contributed by atoms with E-state index in [1.54, 1.807) is 5.57 Å². The zero-order valence-corrected chi connectivity index (χ0v) is 19.3. The summed E-state index contributed by atoms with van der Waals surface area (Å²) in [5.74, 6) is 2.13. The topological polar surface area (TPSA) is 51.5 Å². The van der Waals surface area contributed by atoms with Gasteiger partial charge in [0.1, 0.15) is 6.10 Å². The third kappa shape index (κ3) is 3.56. The Balaban J connectivity index is 1.35. The van der Waals surface area contributed by atoms with Crippen molar-refractivity contribution in [3.8, 4) is 0 Å². The number of carbonyl (C=O) groups excluding carboxylic acids is 1. The first kappa shape index (κ1) is 20.9. The fraction of sp³-hybridized carbons (Fsp3) is 0.667. The van der Waals surface area contributed by atoms with Crippen LogP contribution in [0.15, 0.2) is 41.0 Å². The summed E-state index contributed by atoms with van der Waals surface area (Å²) in [5.41, 5.74) is 4.62. The summed E-state index contributed by atoms with van der Waals surface area (Å²) in [6.45, 7) is 7.25. The number of hydrogen-bond acceptors (Lipinski definition) is 4. The number of rotatable bonds is 3. The molecule has 0 aliphatic heterocycles. The van der Waals surface area contributed by atoms with Crippen LogP contribution in [0.25, 0.3) is 0 Å². The number of fused-ring (bicyclic) bond motifs is 5. The average Bonchev–Trinajstić information content (AvgIpc) is 3.09. The molecule has 0 unspecified atom stereocenters. The number of aliphatic imine (C=N–C) groups is 1. The van der Waals surface area contributed by atoms with E-state index in [-0.39, 0.29) is 22.9 Å². The predicted octanol–water partition coefficient (Wildman–Crippen LogP) is 5.92. The summed E-state index contributed by atoms with van der Waals surface area (Å²) in [6.07, 6.45) is 13.8. The van der Waals surface area contributed by atoms with Gasteiger partial charge in [0, 0.05) is 30.7 Å².